The van der Waals surface area contributed by atoms with Gasteiger partial charge < -0.3 is 10.2 Å². The number of nitrogen functional groups attached to an aromatic ring is 1. The summed E-state index contributed by atoms with van der Waals surface area (Å²) in [5.74, 6) is 0.844. The lowest BCUT2D eigenvalue weighted by Gasteiger charge is -1.99. The van der Waals surface area contributed by atoms with Crippen LogP contribution in [-0.4, -0.2) is 4.98 Å². The molecule has 0 fully saturated rings. The summed E-state index contributed by atoms with van der Waals surface area (Å²) >= 11 is 0. The van der Waals surface area contributed by atoms with Crippen LogP contribution < -0.4 is 5.73 Å². The van der Waals surface area contributed by atoms with Crippen molar-refractivity contribution in [3.8, 4) is 11.3 Å². The highest BCUT2D eigenvalue weighted by molar-refractivity contribution is 5.62. The molecule has 0 saturated heterocycles. The summed E-state index contributed by atoms with van der Waals surface area (Å²) in [6.07, 6.45) is 0.799. The van der Waals surface area contributed by atoms with E-state index in [-0.39, 0.29) is 6.01 Å². The number of rotatable bonds is 2. The van der Waals surface area contributed by atoms with Gasteiger partial charge >= 0.3 is 0 Å². The lowest BCUT2D eigenvalue weighted by Crippen LogP contribution is -1.85. The number of nitrogens with zero attached hydrogens (tertiary/aromatic N) is 1. The zero-order chi connectivity index (χ0) is 10.8. The smallest absolute Gasteiger partial charge is 0.292 e. The summed E-state index contributed by atoms with van der Waals surface area (Å²) in [7, 11) is 0. The van der Waals surface area contributed by atoms with Gasteiger partial charge in [0.1, 0.15) is 11.5 Å². The summed E-state index contributed by atoms with van der Waals surface area (Å²) in [5, 5.41) is 0. The fraction of sp³-hybridized carbons (Fsp3) is 0.250. The summed E-state index contributed by atoms with van der Waals surface area (Å²) < 4.78 is 5.32. The SMILES string of the molecule is CCc1oc(N)nc1-c1ccc(C)cc1. The van der Waals surface area contributed by atoms with Gasteiger partial charge in [-0.1, -0.05) is 36.8 Å². The van der Waals surface area contributed by atoms with Gasteiger partial charge in [-0.15, -0.1) is 0 Å². The first-order chi connectivity index (χ1) is 7.20. The third-order valence-electron chi connectivity index (χ3n) is 2.36. The molecule has 1 heterocycles. The monoisotopic (exact) mass is 202 g/mol. The number of oxazole rings is 1. The molecule has 0 spiro atoms. The third kappa shape index (κ3) is 1.86. The average Bonchev–Trinajstić information content (AvgIpc) is 2.61. The first-order valence-corrected chi connectivity index (χ1v) is 5.03. The molecule has 2 N–H and O–H groups in total. The highest BCUT2D eigenvalue weighted by Crippen LogP contribution is 2.25. The van der Waals surface area contributed by atoms with E-state index in [4.69, 9.17) is 10.2 Å². The number of benzene rings is 1. The molecular formula is C12H14N2O. The fourth-order valence-corrected chi connectivity index (χ4v) is 1.55. The van der Waals surface area contributed by atoms with Gasteiger partial charge in [-0.25, -0.2) is 0 Å². The van der Waals surface area contributed by atoms with Crippen molar-refractivity contribution in [1.29, 1.82) is 0 Å². The van der Waals surface area contributed by atoms with Gasteiger partial charge in [0.2, 0.25) is 0 Å². The van der Waals surface area contributed by atoms with E-state index in [0.29, 0.717) is 0 Å². The Morgan fingerprint density at radius 3 is 2.53 bits per heavy atom. The van der Waals surface area contributed by atoms with Crippen molar-refractivity contribution < 1.29 is 4.42 Å². The largest absolute Gasteiger partial charge is 0.428 e. The zero-order valence-electron chi connectivity index (χ0n) is 8.95. The molecule has 2 aromatic rings. The van der Waals surface area contributed by atoms with E-state index in [2.05, 4.69) is 24.0 Å². The third-order valence-corrected chi connectivity index (χ3v) is 2.36. The summed E-state index contributed by atoms with van der Waals surface area (Å²) in [5.41, 5.74) is 8.68. The molecule has 15 heavy (non-hydrogen) atoms. The molecule has 0 bridgehead atoms. The van der Waals surface area contributed by atoms with Gasteiger partial charge in [0.15, 0.2) is 0 Å². The molecule has 0 aliphatic carbocycles. The minimum atomic E-state index is 0.238. The van der Waals surface area contributed by atoms with Gasteiger partial charge in [-0.3, -0.25) is 0 Å². The standard InChI is InChI=1S/C12H14N2O/c1-3-10-11(14-12(13)15-10)9-6-4-8(2)5-7-9/h4-7H,3H2,1-2H3,(H2,13,14). The molecular weight excluding hydrogens is 188 g/mol. The number of hydrogen-bond acceptors (Lipinski definition) is 3. The number of anilines is 1. The van der Waals surface area contributed by atoms with E-state index in [0.717, 1.165) is 23.4 Å². The lowest BCUT2D eigenvalue weighted by molar-refractivity contribution is 0.530. The van der Waals surface area contributed by atoms with Crippen LogP contribution in [-0.2, 0) is 6.42 Å². The van der Waals surface area contributed by atoms with E-state index < -0.39 is 0 Å². The maximum atomic E-state index is 5.54. The van der Waals surface area contributed by atoms with Crippen molar-refractivity contribution in [1.82, 2.24) is 4.98 Å². The van der Waals surface area contributed by atoms with Gasteiger partial charge in [-0.2, -0.15) is 4.98 Å². The summed E-state index contributed by atoms with van der Waals surface area (Å²) in [4.78, 5) is 4.19. The van der Waals surface area contributed by atoms with Crippen LogP contribution in [0.1, 0.15) is 18.2 Å². The Hall–Kier alpha value is -1.77. The van der Waals surface area contributed by atoms with Crippen molar-refractivity contribution in [3.05, 3.63) is 35.6 Å². The molecule has 0 aliphatic heterocycles. The predicted molar refractivity (Wildman–Crippen MR) is 60.5 cm³/mol. The lowest BCUT2D eigenvalue weighted by atomic mass is 10.1. The Balaban J connectivity index is 2.48. The maximum Gasteiger partial charge on any atom is 0.292 e. The van der Waals surface area contributed by atoms with Crippen LogP contribution in [0.5, 0.6) is 0 Å². The van der Waals surface area contributed by atoms with Crippen molar-refractivity contribution in [2.75, 3.05) is 5.73 Å². The van der Waals surface area contributed by atoms with Crippen LogP contribution >= 0.6 is 0 Å². The second kappa shape index (κ2) is 3.77. The Labute approximate surface area is 88.9 Å². The second-order valence-electron chi connectivity index (χ2n) is 3.54. The molecule has 78 valence electrons. The van der Waals surface area contributed by atoms with E-state index in [1.54, 1.807) is 0 Å². The highest BCUT2D eigenvalue weighted by Gasteiger charge is 2.11. The van der Waals surface area contributed by atoms with Crippen LogP contribution in [0.2, 0.25) is 0 Å². The van der Waals surface area contributed by atoms with Crippen molar-refractivity contribution in [3.63, 3.8) is 0 Å². The van der Waals surface area contributed by atoms with E-state index in [9.17, 15) is 0 Å². The molecule has 1 aromatic carbocycles. The molecule has 3 heteroatoms. The summed E-state index contributed by atoms with van der Waals surface area (Å²) in [6.45, 7) is 4.08. The van der Waals surface area contributed by atoms with Crippen LogP contribution in [0.15, 0.2) is 28.7 Å². The number of nitrogens with two attached hydrogens (primary N) is 1. The van der Waals surface area contributed by atoms with Crippen LogP contribution in [0.25, 0.3) is 11.3 Å². The topological polar surface area (TPSA) is 52.0 Å². The Bertz CT molecular complexity index is 457. The zero-order valence-corrected chi connectivity index (χ0v) is 8.95. The fourth-order valence-electron chi connectivity index (χ4n) is 1.55. The van der Waals surface area contributed by atoms with Crippen molar-refractivity contribution in [2.45, 2.75) is 20.3 Å². The first-order valence-electron chi connectivity index (χ1n) is 5.03. The minimum absolute atomic E-state index is 0.238. The molecule has 0 radical (unpaired) electrons. The quantitative estimate of drug-likeness (QED) is 0.814. The molecule has 0 atom stereocenters. The van der Waals surface area contributed by atoms with Gasteiger partial charge in [0, 0.05) is 12.0 Å². The van der Waals surface area contributed by atoms with E-state index in [1.807, 2.05) is 19.1 Å². The predicted octanol–water partition coefficient (Wildman–Crippen LogP) is 2.79. The Kier molecular flexibility index (Phi) is 2.46. The molecule has 0 unspecified atom stereocenters. The number of aromatic nitrogens is 1. The summed E-state index contributed by atoms with van der Waals surface area (Å²) in [6, 6.07) is 8.42. The highest BCUT2D eigenvalue weighted by atomic mass is 16.4. The van der Waals surface area contributed by atoms with Gasteiger partial charge in [0.05, 0.1) is 0 Å². The second-order valence-corrected chi connectivity index (χ2v) is 3.54. The maximum absolute atomic E-state index is 5.54. The van der Waals surface area contributed by atoms with Crippen LogP contribution in [0.4, 0.5) is 6.01 Å². The minimum Gasteiger partial charge on any atom is -0.428 e. The molecule has 0 amide bonds. The average molecular weight is 202 g/mol. The van der Waals surface area contributed by atoms with Crippen LogP contribution in [0, 0.1) is 6.92 Å². The number of hydrogen-bond donors (Lipinski definition) is 1. The van der Waals surface area contributed by atoms with E-state index >= 15 is 0 Å². The normalized spacial score (nSPS) is 10.5. The molecule has 3 nitrogen and oxygen atoms in total. The van der Waals surface area contributed by atoms with Crippen molar-refractivity contribution >= 4 is 6.01 Å². The molecule has 1 aromatic heterocycles. The molecule has 0 saturated carbocycles. The first kappa shape index (κ1) is 9.77. The molecule has 0 aliphatic rings. The van der Waals surface area contributed by atoms with Gasteiger partial charge in [-0.05, 0) is 6.92 Å². The number of aryl methyl sites for hydroxylation is 2. The van der Waals surface area contributed by atoms with E-state index in [1.165, 1.54) is 5.56 Å². The van der Waals surface area contributed by atoms with Gasteiger partial charge in [0.25, 0.3) is 6.01 Å². The molecule has 2 rings (SSSR count). The Morgan fingerprint density at radius 2 is 1.93 bits per heavy atom. The Morgan fingerprint density at radius 1 is 1.27 bits per heavy atom. The van der Waals surface area contributed by atoms with Crippen molar-refractivity contribution in [2.24, 2.45) is 0 Å². The van der Waals surface area contributed by atoms with Crippen LogP contribution in [0.3, 0.4) is 0 Å².